The van der Waals surface area contributed by atoms with Crippen LogP contribution in [0.4, 0.5) is 0 Å². The van der Waals surface area contributed by atoms with Gasteiger partial charge in [-0.15, -0.1) is 11.3 Å². The van der Waals surface area contributed by atoms with Gasteiger partial charge in [-0.1, -0.05) is 36.4 Å². The number of nitrogens with one attached hydrogen (secondary N) is 1. The molecule has 4 heterocycles. The largest absolute Gasteiger partial charge is 0.472 e. The van der Waals surface area contributed by atoms with Crippen molar-refractivity contribution in [3.05, 3.63) is 95.4 Å². The van der Waals surface area contributed by atoms with E-state index >= 15 is 0 Å². The summed E-state index contributed by atoms with van der Waals surface area (Å²) in [5.74, 6) is -0.172. The van der Waals surface area contributed by atoms with Crippen molar-refractivity contribution in [2.75, 3.05) is 13.1 Å². The molecule has 1 aliphatic heterocycles. The van der Waals surface area contributed by atoms with Crippen LogP contribution in [-0.2, 0) is 11.3 Å². The van der Waals surface area contributed by atoms with Gasteiger partial charge in [0.15, 0.2) is 0 Å². The van der Waals surface area contributed by atoms with Gasteiger partial charge in [-0.2, -0.15) is 5.10 Å². The van der Waals surface area contributed by atoms with Gasteiger partial charge in [-0.25, -0.2) is 0 Å². The van der Waals surface area contributed by atoms with Crippen LogP contribution in [0.1, 0.15) is 34.3 Å². The Morgan fingerprint density at radius 2 is 1.94 bits per heavy atom. The smallest absolute Gasteiger partial charge is 0.257 e. The number of hydrogen-bond donors (Lipinski definition) is 1. The van der Waals surface area contributed by atoms with Crippen LogP contribution in [0.25, 0.3) is 16.6 Å². The lowest BCUT2D eigenvalue weighted by atomic mass is 10.0. The van der Waals surface area contributed by atoms with Crippen LogP contribution >= 0.6 is 11.3 Å². The summed E-state index contributed by atoms with van der Waals surface area (Å²) in [7, 11) is 0. The minimum Gasteiger partial charge on any atom is -0.472 e. The lowest BCUT2D eigenvalue weighted by Crippen LogP contribution is -2.46. The molecule has 0 radical (unpaired) electrons. The second-order valence-corrected chi connectivity index (χ2v) is 9.46. The van der Waals surface area contributed by atoms with Gasteiger partial charge in [0.05, 0.1) is 23.2 Å². The molecule has 1 aromatic carbocycles. The minimum atomic E-state index is -0.141. The zero-order valence-electron chi connectivity index (χ0n) is 19.2. The molecule has 4 aromatic rings. The first-order chi connectivity index (χ1) is 17.2. The topological polar surface area (TPSA) is 80.4 Å². The van der Waals surface area contributed by atoms with Crippen LogP contribution in [0.5, 0.6) is 0 Å². The standard InChI is InChI=1S/C27H26N4O3S/c32-25(28-23-10-13-30(14-11-23)27(33)22-12-15-34-19-22)9-8-21-18-31(17-20-5-2-1-3-6-20)29-26(21)24-7-4-16-35-24/h1-9,12,15-16,18-19,23H,10-11,13-14,17H2,(H,28,32)/b9-8+. The highest BCUT2D eigenvalue weighted by molar-refractivity contribution is 7.13. The second-order valence-electron chi connectivity index (χ2n) is 8.51. The van der Waals surface area contributed by atoms with Gasteiger partial charge in [0.1, 0.15) is 12.0 Å². The second kappa shape index (κ2) is 10.6. The van der Waals surface area contributed by atoms with Crippen LogP contribution in [0.2, 0.25) is 0 Å². The lowest BCUT2D eigenvalue weighted by molar-refractivity contribution is -0.117. The Morgan fingerprint density at radius 1 is 1.11 bits per heavy atom. The van der Waals surface area contributed by atoms with E-state index in [1.807, 2.05) is 52.7 Å². The highest BCUT2D eigenvalue weighted by Gasteiger charge is 2.24. The molecular weight excluding hydrogens is 460 g/mol. The van der Waals surface area contributed by atoms with E-state index in [0.717, 1.165) is 29.0 Å². The maximum Gasteiger partial charge on any atom is 0.257 e. The summed E-state index contributed by atoms with van der Waals surface area (Å²) in [6.07, 6.45) is 9.79. The highest BCUT2D eigenvalue weighted by atomic mass is 32.1. The van der Waals surface area contributed by atoms with Crippen molar-refractivity contribution in [3.63, 3.8) is 0 Å². The van der Waals surface area contributed by atoms with E-state index in [4.69, 9.17) is 9.52 Å². The molecule has 0 spiro atoms. The molecule has 3 aromatic heterocycles. The third-order valence-electron chi connectivity index (χ3n) is 6.04. The molecule has 1 N–H and O–H groups in total. The summed E-state index contributed by atoms with van der Waals surface area (Å²) >= 11 is 1.63. The van der Waals surface area contributed by atoms with Gasteiger partial charge in [0.25, 0.3) is 5.91 Å². The van der Waals surface area contributed by atoms with Crippen LogP contribution in [0, 0.1) is 0 Å². The fourth-order valence-corrected chi connectivity index (χ4v) is 4.96. The maximum atomic E-state index is 12.7. The number of likely N-dealkylation sites (tertiary alicyclic amines) is 1. The van der Waals surface area contributed by atoms with Gasteiger partial charge in [0, 0.05) is 37.0 Å². The predicted molar refractivity (Wildman–Crippen MR) is 136 cm³/mol. The van der Waals surface area contributed by atoms with Gasteiger partial charge in [-0.05, 0) is 42.0 Å². The number of thiophene rings is 1. The van der Waals surface area contributed by atoms with Crippen LogP contribution < -0.4 is 5.32 Å². The van der Waals surface area contributed by atoms with E-state index in [-0.39, 0.29) is 17.9 Å². The van der Waals surface area contributed by atoms with Crippen LogP contribution in [0.3, 0.4) is 0 Å². The molecule has 7 nitrogen and oxygen atoms in total. The van der Waals surface area contributed by atoms with E-state index < -0.39 is 0 Å². The number of rotatable bonds is 7. The fourth-order valence-electron chi connectivity index (χ4n) is 4.23. The van der Waals surface area contributed by atoms with Crippen molar-refractivity contribution in [1.29, 1.82) is 0 Å². The fraction of sp³-hybridized carbons (Fsp3) is 0.222. The number of carbonyl (C=O) groups is 2. The molecule has 1 saturated heterocycles. The summed E-state index contributed by atoms with van der Waals surface area (Å²) in [6.45, 7) is 1.87. The Labute approximate surface area is 207 Å². The molecule has 2 amide bonds. The van der Waals surface area contributed by atoms with E-state index in [1.54, 1.807) is 28.4 Å². The quantitative estimate of drug-likeness (QED) is 0.385. The molecule has 178 valence electrons. The Hall–Kier alpha value is -3.91. The molecular formula is C27H26N4O3S. The van der Waals surface area contributed by atoms with E-state index in [2.05, 4.69) is 17.4 Å². The first kappa shape index (κ1) is 22.9. The number of aromatic nitrogens is 2. The monoisotopic (exact) mass is 486 g/mol. The molecule has 5 rings (SSSR count). The number of nitrogens with zero attached hydrogens (tertiary/aromatic N) is 3. The summed E-state index contributed by atoms with van der Waals surface area (Å²) in [5, 5.41) is 9.89. The molecule has 0 aliphatic carbocycles. The van der Waals surface area contributed by atoms with E-state index in [0.29, 0.717) is 25.2 Å². The van der Waals surface area contributed by atoms with Gasteiger partial charge in [-0.3, -0.25) is 14.3 Å². The third-order valence-corrected chi connectivity index (χ3v) is 6.92. The zero-order valence-corrected chi connectivity index (χ0v) is 20.0. The van der Waals surface area contributed by atoms with Crippen LogP contribution in [0.15, 0.2) is 83.1 Å². The average Bonchev–Trinajstić information content (AvgIpc) is 3.66. The molecule has 1 fully saturated rings. The maximum absolute atomic E-state index is 12.7. The number of hydrogen-bond acceptors (Lipinski definition) is 5. The van der Waals surface area contributed by atoms with Crippen molar-refractivity contribution >= 4 is 29.2 Å². The first-order valence-corrected chi connectivity index (χ1v) is 12.5. The summed E-state index contributed by atoms with van der Waals surface area (Å²) < 4.78 is 6.92. The van der Waals surface area contributed by atoms with Crippen molar-refractivity contribution in [3.8, 4) is 10.6 Å². The third kappa shape index (κ3) is 5.60. The zero-order chi connectivity index (χ0) is 24.0. The summed E-state index contributed by atoms with van der Waals surface area (Å²) in [5.41, 5.74) is 3.49. The molecule has 0 bridgehead atoms. The number of piperidine rings is 1. The van der Waals surface area contributed by atoms with Crippen molar-refractivity contribution in [2.24, 2.45) is 0 Å². The van der Waals surface area contributed by atoms with Crippen molar-refractivity contribution in [1.82, 2.24) is 20.0 Å². The van der Waals surface area contributed by atoms with Crippen LogP contribution in [-0.4, -0.2) is 45.6 Å². The van der Waals surface area contributed by atoms with Gasteiger partial charge < -0.3 is 14.6 Å². The Morgan fingerprint density at radius 3 is 2.66 bits per heavy atom. The minimum absolute atomic E-state index is 0.0305. The number of amides is 2. The summed E-state index contributed by atoms with van der Waals surface area (Å²) in [6, 6.07) is 15.9. The molecule has 0 atom stereocenters. The average molecular weight is 487 g/mol. The molecule has 0 saturated carbocycles. The van der Waals surface area contributed by atoms with Crippen molar-refractivity contribution < 1.29 is 14.0 Å². The molecule has 1 aliphatic rings. The first-order valence-electron chi connectivity index (χ1n) is 11.6. The van der Waals surface area contributed by atoms with Gasteiger partial charge in [0.2, 0.25) is 5.91 Å². The van der Waals surface area contributed by atoms with Gasteiger partial charge >= 0.3 is 0 Å². The molecule has 8 heteroatoms. The van der Waals surface area contributed by atoms with Crippen molar-refractivity contribution in [2.45, 2.75) is 25.4 Å². The number of carbonyl (C=O) groups excluding carboxylic acids is 2. The molecule has 35 heavy (non-hydrogen) atoms. The normalized spacial score (nSPS) is 14.5. The Balaban J connectivity index is 1.21. The van der Waals surface area contributed by atoms with E-state index in [1.165, 1.54) is 18.1 Å². The SMILES string of the molecule is O=C(/C=C/c1cn(Cc2ccccc2)nc1-c1cccs1)NC1CCN(C(=O)c2ccoc2)CC1. The highest BCUT2D eigenvalue weighted by Crippen LogP contribution is 2.28. The number of benzene rings is 1. The Kier molecular flexibility index (Phi) is 6.90. The Bertz CT molecular complexity index is 1290. The predicted octanol–water partition coefficient (Wildman–Crippen LogP) is 4.69. The number of furan rings is 1. The van der Waals surface area contributed by atoms with E-state index in [9.17, 15) is 9.59 Å². The molecule has 0 unspecified atom stereocenters. The lowest BCUT2D eigenvalue weighted by Gasteiger charge is -2.32. The summed E-state index contributed by atoms with van der Waals surface area (Å²) in [4.78, 5) is 28.0.